The van der Waals surface area contributed by atoms with Crippen molar-refractivity contribution in [2.75, 3.05) is 5.32 Å². The zero-order chi connectivity index (χ0) is 14.7. The van der Waals surface area contributed by atoms with Crippen LogP contribution in [0.4, 0.5) is 11.5 Å². The van der Waals surface area contributed by atoms with Gasteiger partial charge in [0.05, 0.1) is 10.8 Å². The average molecular weight is 278 g/mol. The van der Waals surface area contributed by atoms with Crippen molar-refractivity contribution >= 4 is 17.4 Å². The molecular weight excluding hydrogens is 260 g/mol. The molecular formula is C13H18N4O3. The Labute approximate surface area is 116 Å². The van der Waals surface area contributed by atoms with E-state index >= 15 is 0 Å². The van der Waals surface area contributed by atoms with E-state index in [-0.39, 0.29) is 29.4 Å². The van der Waals surface area contributed by atoms with Crippen LogP contribution in [0.3, 0.4) is 0 Å². The van der Waals surface area contributed by atoms with Crippen LogP contribution in [0.5, 0.6) is 0 Å². The zero-order valence-corrected chi connectivity index (χ0v) is 11.3. The summed E-state index contributed by atoms with van der Waals surface area (Å²) in [6.07, 6.45) is 4.97. The lowest BCUT2D eigenvalue weighted by Crippen LogP contribution is -2.40. The first-order valence-electron chi connectivity index (χ1n) is 6.66. The monoisotopic (exact) mass is 278 g/mol. The fraction of sp³-hybridized carbons (Fsp3) is 0.538. The lowest BCUT2D eigenvalue weighted by Gasteiger charge is -2.30. The molecule has 1 fully saturated rings. The van der Waals surface area contributed by atoms with Crippen molar-refractivity contribution in [1.29, 1.82) is 0 Å². The van der Waals surface area contributed by atoms with Gasteiger partial charge in [0.25, 0.3) is 0 Å². The maximum absolute atomic E-state index is 11.5. The third kappa shape index (κ3) is 3.04. The lowest BCUT2D eigenvalue weighted by atomic mass is 9.84. The highest BCUT2D eigenvalue weighted by Crippen LogP contribution is 2.30. The minimum Gasteiger partial charge on any atom is -0.369 e. The number of carbonyl (C=O) groups excluding carboxylic acids is 1. The Hall–Kier alpha value is -2.18. The van der Waals surface area contributed by atoms with Crippen molar-refractivity contribution in [2.24, 2.45) is 11.7 Å². The molecule has 108 valence electrons. The van der Waals surface area contributed by atoms with E-state index in [1.54, 1.807) is 13.1 Å². The molecule has 2 unspecified atom stereocenters. The van der Waals surface area contributed by atoms with Gasteiger partial charge in [0.15, 0.2) is 0 Å². The molecule has 20 heavy (non-hydrogen) atoms. The number of aromatic nitrogens is 1. The van der Waals surface area contributed by atoms with Crippen LogP contribution in [0.1, 0.15) is 31.2 Å². The van der Waals surface area contributed by atoms with E-state index < -0.39 is 4.92 Å². The minimum atomic E-state index is -0.468. The Morgan fingerprint density at radius 2 is 2.20 bits per heavy atom. The summed E-state index contributed by atoms with van der Waals surface area (Å²) >= 11 is 0. The number of pyridine rings is 1. The fourth-order valence-electron chi connectivity index (χ4n) is 2.62. The molecule has 7 heteroatoms. The summed E-state index contributed by atoms with van der Waals surface area (Å²) in [6, 6.07) is 1.28. The molecule has 0 spiro atoms. The third-order valence-corrected chi connectivity index (χ3v) is 3.65. The number of hydrogen-bond donors (Lipinski definition) is 2. The number of nitrogens with one attached hydrogen (secondary N) is 1. The highest BCUT2D eigenvalue weighted by molar-refractivity contribution is 5.78. The molecule has 0 radical (unpaired) electrons. The maximum atomic E-state index is 11.5. The molecule has 0 saturated heterocycles. The number of carbonyl (C=O) groups is 1. The van der Waals surface area contributed by atoms with Gasteiger partial charge in [-0.3, -0.25) is 14.9 Å². The molecule has 3 N–H and O–H groups in total. The summed E-state index contributed by atoms with van der Waals surface area (Å²) < 4.78 is 0. The molecule has 1 aliphatic carbocycles. The van der Waals surface area contributed by atoms with Crippen LogP contribution in [0.2, 0.25) is 0 Å². The molecule has 1 aromatic heterocycles. The van der Waals surface area contributed by atoms with Gasteiger partial charge < -0.3 is 11.1 Å². The molecule has 1 aliphatic rings. The van der Waals surface area contributed by atoms with Gasteiger partial charge in [-0.05, 0) is 25.3 Å². The van der Waals surface area contributed by atoms with Crippen molar-refractivity contribution in [3.63, 3.8) is 0 Å². The summed E-state index contributed by atoms with van der Waals surface area (Å²) in [7, 11) is 0. The number of hydrogen-bond acceptors (Lipinski definition) is 5. The summed E-state index contributed by atoms with van der Waals surface area (Å²) in [5.74, 6) is -0.456. The molecule has 1 amide bonds. The number of primary amides is 1. The molecule has 0 aromatic carbocycles. The highest BCUT2D eigenvalue weighted by atomic mass is 16.6. The average Bonchev–Trinajstić information content (AvgIpc) is 2.41. The summed E-state index contributed by atoms with van der Waals surface area (Å²) in [5, 5.41) is 14.1. The summed E-state index contributed by atoms with van der Waals surface area (Å²) in [6.45, 7) is 1.75. The van der Waals surface area contributed by atoms with Gasteiger partial charge in [0, 0.05) is 18.3 Å². The first-order chi connectivity index (χ1) is 9.49. The molecule has 7 nitrogen and oxygen atoms in total. The highest BCUT2D eigenvalue weighted by Gasteiger charge is 2.31. The van der Waals surface area contributed by atoms with Crippen molar-refractivity contribution < 1.29 is 9.72 Å². The van der Waals surface area contributed by atoms with Crippen molar-refractivity contribution in [1.82, 2.24) is 4.98 Å². The number of aryl methyl sites for hydroxylation is 1. The summed E-state index contributed by atoms with van der Waals surface area (Å²) in [5.41, 5.74) is 6.05. The molecule has 2 rings (SSSR count). The molecule has 0 bridgehead atoms. The van der Waals surface area contributed by atoms with E-state index in [0.717, 1.165) is 24.8 Å². The number of nitrogens with zero attached hydrogens (tertiary/aromatic N) is 2. The first kappa shape index (κ1) is 14.2. The molecule has 1 aromatic rings. The van der Waals surface area contributed by atoms with Gasteiger partial charge in [-0.25, -0.2) is 4.98 Å². The lowest BCUT2D eigenvalue weighted by molar-refractivity contribution is -0.384. The number of nitro groups is 1. The fourth-order valence-corrected chi connectivity index (χ4v) is 2.62. The quantitative estimate of drug-likeness (QED) is 0.643. The Morgan fingerprint density at radius 3 is 2.85 bits per heavy atom. The van der Waals surface area contributed by atoms with Gasteiger partial charge in [-0.1, -0.05) is 12.8 Å². The first-order valence-corrected chi connectivity index (χ1v) is 6.66. The van der Waals surface area contributed by atoms with E-state index in [0.29, 0.717) is 6.42 Å². The molecule has 1 saturated carbocycles. The Bertz CT molecular complexity index is 532. The van der Waals surface area contributed by atoms with E-state index in [9.17, 15) is 14.9 Å². The zero-order valence-electron chi connectivity index (χ0n) is 11.3. The second kappa shape index (κ2) is 5.85. The van der Waals surface area contributed by atoms with Gasteiger partial charge in [0.2, 0.25) is 11.7 Å². The molecule has 0 aliphatic heterocycles. The van der Waals surface area contributed by atoms with E-state index in [4.69, 9.17) is 5.73 Å². The Kier molecular flexibility index (Phi) is 4.16. The number of rotatable bonds is 4. The predicted octanol–water partition coefficient (Wildman–Crippen LogP) is 1.75. The van der Waals surface area contributed by atoms with Crippen LogP contribution in [0.25, 0.3) is 0 Å². The smallest absolute Gasteiger partial charge is 0.311 e. The second-order valence-corrected chi connectivity index (χ2v) is 5.18. The van der Waals surface area contributed by atoms with Crippen molar-refractivity contribution in [2.45, 2.75) is 38.6 Å². The van der Waals surface area contributed by atoms with Gasteiger partial charge in [0.1, 0.15) is 0 Å². The van der Waals surface area contributed by atoms with Crippen LogP contribution in [-0.4, -0.2) is 21.9 Å². The molecule has 2 atom stereocenters. The van der Waals surface area contributed by atoms with E-state index in [2.05, 4.69) is 10.3 Å². The van der Waals surface area contributed by atoms with E-state index in [1.165, 1.54) is 6.07 Å². The Balaban J connectivity index is 2.24. The van der Waals surface area contributed by atoms with Gasteiger partial charge in [-0.15, -0.1) is 0 Å². The van der Waals surface area contributed by atoms with Crippen LogP contribution >= 0.6 is 0 Å². The van der Waals surface area contributed by atoms with Crippen LogP contribution < -0.4 is 11.1 Å². The van der Waals surface area contributed by atoms with Crippen LogP contribution in [-0.2, 0) is 4.79 Å². The number of nitrogens with two attached hydrogens (primary N) is 1. The van der Waals surface area contributed by atoms with E-state index in [1.807, 2.05) is 0 Å². The van der Waals surface area contributed by atoms with Crippen molar-refractivity contribution in [3.8, 4) is 0 Å². The number of amides is 1. The second-order valence-electron chi connectivity index (χ2n) is 5.18. The minimum absolute atomic E-state index is 0.0706. The number of anilines is 1. The van der Waals surface area contributed by atoms with Crippen LogP contribution in [0, 0.1) is 23.0 Å². The maximum Gasteiger partial charge on any atom is 0.311 e. The van der Waals surface area contributed by atoms with Crippen LogP contribution in [0.15, 0.2) is 12.3 Å². The third-order valence-electron chi connectivity index (χ3n) is 3.65. The topological polar surface area (TPSA) is 111 Å². The normalized spacial score (nSPS) is 22.2. The summed E-state index contributed by atoms with van der Waals surface area (Å²) in [4.78, 5) is 26.1. The van der Waals surface area contributed by atoms with Gasteiger partial charge >= 0.3 is 5.69 Å². The predicted molar refractivity (Wildman–Crippen MR) is 74.2 cm³/mol. The van der Waals surface area contributed by atoms with Crippen molar-refractivity contribution in [3.05, 3.63) is 27.9 Å². The van der Waals surface area contributed by atoms with Gasteiger partial charge in [-0.2, -0.15) is 0 Å². The largest absolute Gasteiger partial charge is 0.369 e. The Morgan fingerprint density at radius 1 is 1.50 bits per heavy atom. The SMILES string of the molecule is Cc1cnc(NC2CCCCC2C(N)=O)c([N+](=O)[O-])c1. The molecule has 1 heterocycles. The standard InChI is InChI=1S/C13H18N4O3/c1-8-6-11(17(19)20)13(15-7-8)16-10-5-3-2-4-9(10)12(14)18/h6-7,9-10H,2-5H2,1H3,(H2,14,18)(H,15,16).